The lowest BCUT2D eigenvalue weighted by Gasteiger charge is -2.37. The molecule has 2 aromatic rings. The SMILES string of the molecule is CC(NC1CCCC(C)(C)C1)c1cnc2ccsc2c1. The lowest BCUT2D eigenvalue weighted by atomic mass is 9.75. The van der Waals surface area contributed by atoms with E-state index in [4.69, 9.17) is 0 Å². The van der Waals surface area contributed by atoms with Gasteiger partial charge in [0.15, 0.2) is 0 Å². The second kappa shape index (κ2) is 5.45. The monoisotopic (exact) mass is 288 g/mol. The summed E-state index contributed by atoms with van der Waals surface area (Å²) in [7, 11) is 0. The fourth-order valence-corrected chi connectivity index (χ4v) is 4.18. The van der Waals surface area contributed by atoms with E-state index in [1.807, 2.05) is 6.20 Å². The second-order valence-corrected chi connectivity index (χ2v) is 7.87. The van der Waals surface area contributed by atoms with Gasteiger partial charge in [-0.1, -0.05) is 20.3 Å². The van der Waals surface area contributed by atoms with E-state index in [1.165, 1.54) is 35.9 Å². The summed E-state index contributed by atoms with van der Waals surface area (Å²) in [6.45, 7) is 7.05. The Morgan fingerprint density at radius 1 is 1.45 bits per heavy atom. The fraction of sp³-hybridized carbons (Fsp3) is 0.588. The molecule has 0 radical (unpaired) electrons. The molecule has 3 rings (SSSR count). The summed E-state index contributed by atoms with van der Waals surface area (Å²) in [6.07, 6.45) is 7.33. The van der Waals surface area contributed by atoms with E-state index in [0.29, 0.717) is 17.5 Å². The Balaban J connectivity index is 1.70. The number of nitrogens with zero attached hydrogens (tertiary/aromatic N) is 1. The lowest BCUT2D eigenvalue weighted by Crippen LogP contribution is -2.38. The molecule has 3 heteroatoms. The molecule has 0 bridgehead atoms. The van der Waals surface area contributed by atoms with Gasteiger partial charge in [-0.25, -0.2) is 0 Å². The second-order valence-electron chi connectivity index (χ2n) is 6.92. The molecular formula is C17H24N2S. The van der Waals surface area contributed by atoms with E-state index in [0.717, 1.165) is 5.52 Å². The summed E-state index contributed by atoms with van der Waals surface area (Å²) < 4.78 is 1.29. The van der Waals surface area contributed by atoms with Gasteiger partial charge in [0.25, 0.3) is 0 Å². The average molecular weight is 288 g/mol. The van der Waals surface area contributed by atoms with Crippen molar-refractivity contribution in [3.8, 4) is 0 Å². The van der Waals surface area contributed by atoms with Crippen molar-refractivity contribution in [3.63, 3.8) is 0 Å². The van der Waals surface area contributed by atoms with Crippen LogP contribution in [0.2, 0.25) is 0 Å². The molecule has 20 heavy (non-hydrogen) atoms. The van der Waals surface area contributed by atoms with Crippen molar-refractivity contribution in [3.05, 3.63) is 29.3 Å². The minimum atomic E-state index is 0.382. The van der Waals surface area contributed by atoms with Gasteiger partial charge in [-0.3, -0.25) is 4.98 Å². The Morgan fingerprint density at radius 3 is 3.10 bits per heavy atom. The zero-order chi connectivity index (χ0) is 14.2. The summed E-state index contributed by atoms with van der Waals surface area (Å²) in [5.41, 5.74) is 2.92. The normalized spacial score (nSPS) is 23.9. The summed E-state index contributed by atoms with van der Waals surface area (Å²) >= 11 is 1.77. The van der Waals surface area contributed by atoms with Gasteiger partial charge in [0.2, 0.25) is 0 Å². The Bertz CT molecular complexity index is 587. The Hall–Kier alpha value is -0.930. The van der Waals surface area contributed by atoms with Crippen molar-refractivity contribution < 1.29 is 0 Å². The predicted octanol–water partition coefficient (Wildman–Crippen LogP) is 4.92. The van der Waals surface area contributed by atoms with Crippen LogP contribution in [0.15, 0.2) is 23.7 Å². The first-order valence-electron chi connectivity index (χ1n) is 7.63. The minimum Gasteiger partial charge on any atom is -0.307 e. The highest BCUT2D eigenvalue weighted by Crippen LogP contribution is 2.36. The number of fused-ring (bicyclic) bond motifs is 1. The number of thiophene rings is 1. The largest absolute Gasteiger partial charge is 0.307 e. The molecule has 1 fully saturated rings. The van der Waals surface area contributed by atoms with Crippen LogP contribution < -0.4 is 5.32 Å². The van der Waals surface area contributed by atoms with E-state index < -0.39 is 0 Å². The molecule has 2 aromatic heterocycles. The maximum Gasteiger partial charge on any atom is 0.0809 e. The van der Waals surface area contributed by atoms with Gasteiger partial charge in [0, 0.05) is 18.3 Å². The molecule has 0 spiro atoms. The third kappa shape index (κ3) is 3.04. The van der Waals surface area contributed by atoms with Crippen molar-refractivity contribution in [2.24, 2.45) is 5.41 Å². The third-order valence-corrected chi connectivity index (χ3v) is 5.37. The molecule has 0 amide bonds. The zero-order valence-electron chi connectivity index (χ0n) is 12.6. The number of aromatic nitrogens is 1. The molecule has 0 saturated heterocycles. The highest BCUT2D eigenvalue weighted by Gasteiger charge is 2.28. The summed E-state index contributed by atoms with van der Waals surface area (Å²) in [6, 6.07) is 5.41. The van der Waals surface area contributed by atoms with Gasteiger partial charge >= 0.3 is 0 Å². The number of hydrogen-bond acceptors (Lipinski definition) is 3. The van der Waals surface area contributed by atoms with Gasteiger partial charge in [0.1, 0.15) is 0 Å². The Morgan fingerprint density at radius 2 is 2.30 bits per heavy atom. The van der Waals surface area contributed by atoms with Crippen molar-refractivity contribution in [1.82, 2.24) is 10.3 Å². The smallest absolute Gasteiger partial charge is 0.0809 e. The quantitative estimate of drug-likeness (QED) is 0.867. The van der Waals surface area contributed by atoms with E-state index in [2.05, 4.69) is 48.6 Å². The van der Waals surface area contributed by atoms with Crippen LogP contribution in [0.1, 0.15) is 58.1 Å². The third-order valence-electron chi connectivity index (χ3n) is 4.51. The van der Waals surface area contributed by atoms with Crippen LogP contribution in [0.4, 0.5) is 0 Å². The van der Waals surface area contributed by atoms with Gasteiger partial charge in [-0.2, -0.15) is 0 Å². The predicted molar refractivity (Wildman–Crippen MR) is 87.2 cm³/mol. The summed E-state index contributed by atoms with van der Waals surface area (Å²) in [5, 5.41) is 5.93. The van der Waals surface area contributed by atoms with E-state index >= 15 is 0 Å². The summed E-state index contributed by atoms with van der Waals surface area (Å²) in [4.78, 5) is 4.55. The van der Waals surface area contributed by atoms with Crippen LogP contribution in [-0.4, -0.2) is 11.0 Å². The van der Waals surface area contributed by atoms with Gasteiger partial charge in [-0.05, 0) is 54.7 Å². The van der Waals surface area contributed by atoms with Gasteiger partial charge in [0.05, 0.1) is 10.2 Å². The van der Waals surface area contributed by atoms with E-state index in [1.54, 1.807) is 11.3 Å². The maximum atomic E-state index is 4.55. The number of hydrogen-bond donors (Lipinski definition) is 1. The van der Waals surface area contributed by atoms with Crippen LogP contribution in [-0.2, 0) is 0 Å². The first-order chi connectivity index (χ1) is 9.53. The standard InChI is InChI=1S/C17H24N2S/c1-12(19-14-5-4-7-17(2,3)10-14)13-9-16-15(18-11-13)6-8-20-16/h6,8-9,11-12,14,19H,4-5,7,10H2,1-3H3. The van der Waals surface area contributed by atoms with Crippen LogP contribution >= 0.6 is 11.3 Å². The summed E-state index contributed by atoms with van der Waals surface area (Å²) in [5.74, 6) is 0. The molecule has 108 valence electrons. The molecular weight excluding hydrogens is 264 g/mol. The number of rotatable bonds is 3. The molecule has 1 N–H and O–H groups in total. The molecule has 2 unspecified atom stereocenters. The Labute approximate surface area is 125 Å². The number of pyridine rings is 1. The molecule has 1 saturated carbocycles. The zero-order valence-corrected chi connectivity index (χ0v) is 13.5. The molecule has 1 aliphatic carbocycles. The lowest BCUT2D eigenvalue weighted by molar-refractivity contribution is 0.191. The van der Waals surface area contributed by atoms with Crippen LogP contribution in [0, 0.1) is 5.41 Å². The number of nitrogens with one attached hydrogen (secondary N) is 1. The maximum absolute atomic E-state index is 4.55. The highest BCUT2D eigenvalue weighted by molar-refractivity contribution is 7.17. The van der Waals surface area contributed by atoms with E-state index in [-0.39, 0.29) is 0 Å². The van der Waals surface area contributed by atoms with Crippen molar-refractivity contribution in [2.75, 3.05) is 0 Å². The topological polar surface area (TPSA) is 24.9 Å². The first kappa shape index (κ1) is 14.0. The van der Waals surface area contributed by atoms with E-state index in [9.17, 15) is 0 Å². The minimum absolute atomic E-state index is 0.382. The molecule has 2 nitrogen and oxygen atoms in total. The van der Waals surface area contributed by atoms with Crippen molar-refractivity contribution in [1.29, 1.82) is 0 Å². The van der Waals surface area contributed by atoms with Crippen LogP contribution in [0.5, 0.6) is 0 Å². The highest BCUT2D eigenvalue weighted by atomic mass is 32.1. The first-order valence-corrected chi connectivity index (χ1v) is 8.51. The van der Waals surface area contributed by atoms with Crippen LogP contribution in [0.25, 0.3) is 10.2 Å². The van der Waals surface area contributed by atoms with Crippen molar-refractivity contribution in [2.45, 2.75) is 58.5 Å². The van der Waals surface area contributed by atoms with Gasteiger partial charge in [-0.15, -0.1) is 11.3 Å². The molecule has 0 aliphatic heterocycles. The fourth-order valence-electron chi connectivity index (χ4n) is 3.39. The molecule has 2 heterocycles. The molecule has 1 aliphatic rings. The van der Waals surface area contributed by atoms with Crippen molar-refractivity contribution >= 4 is 21.6 Å². The molecule has 2 atom stereocenters. The Kier molecular flexibility index (Phi) is 3.83. The van der Waals surface area contributed by atoms with Gasteiger partial charge < -0.3 is 5.32 Å². The molecule has 0 aromatic carbocycles. The average Bonchev–Trinajstić information content (AvgIpc) is 2.84. The van der Waals surface area contributed by atoms with Crippen LogP contribution in [0.3, 0.4) is 0 Å².